The Morgan fingerprint density at radius 2 is 2.00 bits per heavy atom. The Kier molecular flexibility index (Phi) is 5.21. The van der Waals surface area contributed by atoms with E-state index in [-0.39, 0.29) is 5.92 Å². The second-order valence-electron chi connectivity index (χ2n) is 4.98. The predicted molar refractivity (Wildman–Crippen MR) is 75.9 cm³/mol. The molecule has 0 fully saturated rings. The van der Waals surface area contributed by atoms with Crippen molar-refractivity contribution in [2.45, 2.75) is 46.0 Å². The number of carbonyl (C=O) groups is 1. The van der Waals surface area contributed by atoms with E-state index >= 15 is 0 Å². The molecule has 0 amide bonds. The summed E-state index contributed by atoms with van der Waals surface area (Å²) in [5, 5.41) is 0.743. The van der Waals surface area contributed by atoms with Gasteiger partial charge in [-0.15, -0.1) is 0 Å². The summed E-state index contributed by atoms with van der Waals surface area (Å²) in [4.78, 5) is 10.7. The van der Waals surface area contributed by atoms with Crippen LogP contribution in [0, 0.1) is 6.92 Å². The van der Waals surface area contributed by atoms with E-state index in [1.165, 1.54) is 0 Å². The zero-order chi connectivity index (χ0) is 13.9. The second kappa shape index (κ2) is 6.24. The minimum absolute atomic E-state index is 0.119. The van der Waals surface area contributed by atoms with Gasteiger partial charge >= 0.3 is 0 Å². The minimum Gasteiger partial charge on any atom is -0.496 e. The first-order valence-corrected chi connectivity index (χ1v) is 6.62. The lowest BCUT2D eigenvalue weighted by molar-refractivity contribution is -0.108. The third kappa shape index (κ3) is 2.86. The number of benzene rings is 1. The maximum absolute atomic E-state index is 10.7. The van der Waals surface area contributed by atoms with Crippen LogP contribution in [0.1, 0.15) is 55.7 Å². The summed E-state index contributed by atoms with van der Waals surface area (Å²) in [6.45, 7) is 8.22. The van der Waals surface area contributed by atoms with Gasteiger partial charge in [0.1, 0.15) is 12.0 Å². The number of hydrogen-bond donors (Lipinski definition) is 0. The molecule has 0 aliphatic rings. The average molecular weight is 269 g/mol. The van der Waals surface area contributed by atoms with Crippen LogP contribution in [0.25, 0.3) is 0 Å². The first kappa shape index (κ1) is 15.0. The van der Waals surface area contributed by atoms with Gasteiger partial charge in [-0.2, -0.15) is 0 Å². The summed E-state index contributed by atoms with van der Waals surface area (Å²) in [5.41, 5.74) is 3.16. The molecule has 1 rings (SSSR count). The van der Waals surface area contributed by atoms with Crippen LogP contribution in [0.4, 0.5) is 0 Å². The lowest BCUT2D eigenvalue weighted by Gasteiger charge is -2.22. The van der Waals surface area contributed by atoms with Crippen LogP contribution in [0.5, 0.6) is 5.75 Å². The third-order valence-electron chi connectivity index (χ3n) is 3.32. The van der Waals surface area contributed by atoms with Crippen LogP contribution in [0.2, 0.25) is 5.02 Å². The van der Waals surface area contributed by atoms with Crippen LogP contribution >= 0.6 is 11.6 Å². The van der Waals surface area contributed by atoms with Crippen LogP contribution in [0.15, 0.2) is 6.07 Å². The van der Waals surface area contributed by atoms with Crippen LogP contribution in [-0.2, 0) is 4.79 Å². The van der Waals surface area contributed by atoms with E-state index in [1.54, 1.807) is 7.11 Å². The summed E-state index contributed by atoms with van der Waals surface area (Å²) in [6.07, 6.45) is 1.43. The normalized spacial score (nSPS) is 12.6. The Balaban J connectivity index is 3.49. The van der Waals surface area contributed by atoms with Gasteiger partial charge in [-0.05, 0) is 36.0 Å². The zero-order valence-corrected chi connectivity index (χ0v) is 12.5. The molecule has 0 bridgehead atoms. The number of ether oxygens (including phenoxy) is 1. The van der Waals surface area contributed by atoms with Crippen LogP contribution < -0.4 is 4.74 Å². The molecule has 1 aromatic rings. The van der Waals surface area contributed by atoms with Crippen molar-refractivity contribution in [1.29, 1.82) is 0 Å². The van der Waals surface area contributed by atoms with Gasteiger partial charge in [0.05, 0.1) is 7.11 Å². The van der Waals surface area contributed by atoms with Crippen molar-refractivity contribution in [3.63, 3.8) is 0 Å². The van der Waals surface area contributed by atoms with Crippen LogP contribution in [-0.4, -0.2) is 13.4 Å². The maximum atomic E-state index is 10.7. The lowest BCUT2D eigenvalue weighted by atomic mass is 9.88. The number of hydrogen-bond acceptors (Lipinski definition) is 2. The van der Waals surface area contributed by atoms with Gasteiger partial charge in [0, 0.05) is 17.0 Å². The van der Waals surface area contributed by atoms with Gasteiger partial charge in [0.25, 0.3) is 0 Å². The Bertz CT molecular complexity index is 439. The topological polar surface area (TPSA) is 26.3 Å². The quantitative estimate of drug-likeness (QED) is 0.737. The fraction of sp³-hybridized carbons (Fsp3) is 0.533. The van der Waals surface area contributed by atoms with Gasteiger partial charge in [-0.1, -0.05) is 32.4 Å². The predicted octanol–water partition coefficient (Wildman–Crippen LogP) is 4.47. The summed E-state index contributed by atoms with van der Waals surface area (Å²) in [7, 11) is 1.67. The molecule has 1 atom stereocenters. The number of rotatable bonds is 5. The summed E-state index contributed by atoms with van der Waals surface area (Å²) < 4.78 is 5.57. The van der Waals surface area contributed by atoms with Crippen molar-refractivity contribution < 1.29 is 9.53 Å². The van der Waals surface area contributed by atoms with E-state index in [9.17, 15) is 4.79 Å². The largest absolute Gasteiger partial charge is 0.496 e. The number of aldehydes is 1. The first-order chi connectivity index (χ1) is 8.43. The molecular weight excluding hydrogens is 248 g/mol. The summed E-state index contributed by atoms with van der Waals surface area (Å²) >= 11 is 6.29. The molecule has 0 radical (unpaired) electrons. The molecule has 0 aromatic heterocycles. The highest BCUT2D eigenvalue weighted by molar-refractivity contribution is 6.31. The zero-order valence-electron chi connectivity index (χ0n) is 11.7. The van der Waals surface area contributed by atoms with Crippen molar-refractivity contribution in [2.24, 2.45) is 0 Å². The van der Waals surface area contributed by atoms with Crippen molar-refractivity contribution >= 4 is 17.9 Å². The van der Waals surface area contributed by atoms with E-state index in [0.29, 0.717) is 12.3 Å². The van der Waals surface area contributed by atoms with Crippen molar-refractivity contribution in [1.82, 2.24) is 0 Å². The van der Waals surface area contributed by atoms with Gasteiger partial charge in [-0.3, -0.25) is 0 Å². The van der Waals surface area contributed by atoms with Gasteiger partial charge in [0.15, 0.2) is 0 Å². The maximum Gasteiger partial charge on any atom is 0.126 e. The lowest BCUT2D eigenvalue weighted by Crippen LogP contribution is -2.06. The molecule has 0 N–H and O–H groups in total. The Morgan fingerprint density at radius 1 is 1.39 bits per heavy atom. The van der Waals surface area contributed by atoms with E-state index in [1.807, 2.05) is 19.9 Å². The van der Waals surface area contributed by atoms with Gasteiger partial charge in [-0.25, -0.2) is 0 Å². The molecule has 0 aliphatic heterocycles. The van der Waals surface area contributed by atoms with Crippen molar-refractivity contribution in [2.75, 3.05) is 7.11 Å². The average Bonchev–Trinajstić information content (AvgIpc) is 2.31. The van der Waals surface area contributed by atoms with E-state index in [4.69, 9.17) is 16.3 Å². The SMILES string of the molecule is COc1c(C(C)C)cc(Cl)c(C)c1C(C)CC=O. The summed E-state index contributed by atoms with van der Waals surface area (Å²) in [6, 6.07) is 1.97. The molecule has 1 aromatic carbocycles. The monoisotopic (exact) mass is 268 g/mol. The molecule has 0 saturated heterocycles. The summed E-state index contributed by atoms with van der Waals surface area (Å²) in [5.74, 6) is 1.33. The fourth-order valence-corrected chi connectivity index (χ4v) is 2.50. The highest BCUT2D eigenvalue weighted by Gasteiger charge is 2.21. The first-order valence-electron chi connectivity index (χ1n) is 6.24. The highest BCUT2D eigenvalue weighted by atomic mass is 35.5. The molecule has 1 unspecified atom stereocenters. The Morgan fingerprint density at radius 3 is 2.44 bits per heavy atom. The smallest absolute Gasteiger partial charge is 0.126 e. The van der Waals surface area contributed by atoms with Crippen molar-refractivity contribution in [3.8, 4) is 5.75 Å². The van der Waals surface area contributed by atoms with Gasteiger partial charge < -0.3 is 9.53 Å². The molecular formula is C15H21ClO2. The van der Waals surface area contributed by atoms with Gasteiger partial charge in [0.2, 0.25) is 0 Å². The van der Waals surface area contributed by atoms with E-state index in [0.717, 1.165) is 33.7 Å². The van der Waals surface area contributed by atoms with E-state index < -0.39 is 0 Å². The third-order valence-corrected chi connectivity index (χ3v) is 3.71. The molecule has 18 heavy (non-hydrogen) atoms. The van der Waals surface area contributed by atoms with E-state index in [2.05, 4.69) is 13.8 Å². The molecule has 0 saturated carbocycles. The highest BCUT2D eigenvalue weighted by Crippen LogP contribution is 2.40. The number of carbonyl (C=O) groups excluding carboxylic acids is 1. The molecule has 2 nitrogen and oxygen atoms in total. The number of halogens is 1. The number of methoxy groups -OCH3 is 1. The minimum atomic E-state index is 0.119. The Labute approximate surface area is 114 Å². The van der Waals surface area contributed by atoms with Crippen molar-refractivity contribution in [3.05, 3.63) is 27.8 Å². The fourth-order valence-electron chi connectivity index (χ4n) is 2.28. The molecule has 0 spiro atoms. The molecule has 0 aliphatic carbocycles. The molecule has 100 valence electrons. The second-order valence-corrected chi connectivity index (χ2v) is 5.38. The van der Waals surface area contributed by atoms with Crippen LogP contribution in [0.3, 0.4) is 0 Å². The molecule has 3 heteroatoms. The standard InChI is InChI=1S/C15H21ClO2/c1-9(2)12-8-13(16)11(4)14(15(12)18-5)10(3)6-7-17/h7-10H,6H2,1-5H3. The Hall–Kier alpha value is -1.02. The molecule has 0 heterocycles.